The Kier molecular flexibility index (Phi) is 3.10. The number of hydrogen-bond donors (Lipinski definition) is 1. The van der Waals surface area contributed by atoms with Gasteiger partial charge in [-0.1, -0.05) is 24.2 Å². The van der Waals surface area contributed by atoms with Crippen LogP contribution in [0.25, 0.3) is 10.6 Å². The van der Waals surface area contributed by atoms with E-state index in [2.05, 4.69) is 10.2 Å². The number of pyridine rings is 1. The summed E-state index contributed by atoms with van der Waals surface area (Å²) in [5.74, 6) is 0. The zero-order valence-corrected chi connectivity index (χ0v) is 11.6. The van der Waals surface area contributed by atoms with Crippen LogP contribution in [-0.4, -0.2) is 14.8 Å². The number of aromatic nitrogens is 3. The van der Waals surface area contributed by atoms with Crippen molar-refractivity contribution in [2.75, 3.05) is 5.73 Å². The quantitative estimate of drug-likeness (QED) is 0.913. The van der Waals surface area contributed by atoms with Crippen molar-refractivity contribution in [1.29, 1.82) is 0 Å². The first-order valence-electron chi connectivity index (χ1n) is 6.48. The van der Waals surface area contributed by atoms with Crippen LogP contribution in [0.4, 0.5) is 5.13 Å². The second-order valence-corrected chi connectivity index (χ2v) is 5.96. The zero-order chi connectivity index (χ0) is 13.4. The Labute approximate surface area is 115 Å². The lowest BCUT2D eigenvalue weighted by atomic mass is 10.2. The molecule has 100 valence electrons. The summed E-state index contributed by atoms with van der Waals surface area (Å²) in [6.07, 6.45) is 4.57. The molecule has 3 rings (SSSR count). The van der Waals surface area contributed by atoms with Crippen molar-refractivity contribution in [3.63, 3.8) is 0 Å². The highest BCUT2D eigenvalue weighted by Gasteiger charge is 2.21. The molecule has 6 heteroatoms. The Morgan fingerprint density at radius 3 is 2.68 bits per heavy atom. The van der Waals surface area contributed by atoms with Crippen molar-refractivity contribution >= 4 is 16.5 Å². The average Bonchev–Trinajstić information content (AvgIpc) is 3.01. The molecule has 1 fully saturated rings. The molecule has 0 aliphatic heterocycles. The van der Waals surface area contributed by atoms with Gasteiger partial charge >= 0.3 is 0 Å². The molecule has 19 heavy (non-hydrogen) atoms. The Morgan fingerprint density at radius 1 is 1.32 bits per heavy atom. The minimum absolute atomic E-state index is 0.0306. The third-order valence-corrected chi connectivity index (χ3v) is 4.47. The Hall–Kier alpha value is -1.69. The summed E-state index contributed by atoms with van der Waals surface area (Å²) in [5, 5.41) is 8.75. The summed E-state index contributed by atoms with van der Waals surface area (Å²) in [6, 6.07) is 4.13. The SMILES string of the molecule is Cc1ccc(-c2nnc(N)s2)c(=O)n1C1CCCC1. The molecule has 1 aliphatic carbocycles. The Balaban J connectivity index is 2.12. The van der Waals surface area contributed by atoms with Crippen LogP contribution in [0.15, 0.2) is 16.9 Å². The number of rotatable bonds is 2. The minimum Gasteiger partial charge on any atom is -0.374 e. The van der Waals surface area contributed by atoms with E-state index in [1.54, 1.807) is 0 Å². The average molecular weight is 276 g/mol. The van der Waals surface area contributed by atoms with Gasteiger partial charge in [-0.2, -0.15) is 0 Å². The molecule has 0 saturated heterocycles. The van der Waals surface area contributed by atoms with Gasteiger partial charge in [0.2, 0.25) is 5.13 Å². The summed E-state index contributed by atoms with van der Waals surface area (Å²) in [5.41, 5.74) is 7.24. The number of anilines is 1. The highest BCUT2D eigenvalue weighted by Crippen LogP contribution is 2.30. The number of nitrogens with two attached hydrogens (primary N) is 1. The van der Waals surface area contributed by atoms with Crippen LogP contribution in [0, 0.1) is 6.92 Å². The first-order chi connectivity index (χ1) is 9.16. The van der Waals surface area contributed by atoms with Gasteiger partial charge in [0, 0.05) is 11.7 Å². The highest BCUT2D eigenvalue weighted by molar-refractivity contribution is 7.18. The van der Waals surface area contributed by atoms with E-state index < -0.39 is 0 Å². The fourth-order valence-corrected chi connectivity index (χ4v) is 3.39. The molecule has 0 aromatic carbocycles. The first kappa shape index (κ1) is 12.3. The summed E-state index contributed by atoms with van der Waals surface area (Å²) < 4.78 is 1.92. The molecule has 0 bridgehead atoms. The zero-order valence-electron chi connectivity index (χ0n) is 10.8. The van der Waals surface area contributed by atoms with Gasteiger partial charge in [0.05, 0.1) is 5.56 Å². The molecule has 2 aromatic rings. The van der Waals surface area contributed by atoms with E-state index in [-0.39, 0.29) is 5.56 Å². The number of hydrogen-bond acceptors (Lipinski definition) is 5. The van der Waals surface area contributed by atoms with Gasteiger partial charge < -0.3 is 10.3 Å². The third kappa shape index (κ3) is 2.16. The molecular formula is C13H16N4OS. The fourth-order valence-electron chi connectivity index (χ4n) is 2.77. The lowest BCUT2D eigenvalue weighted by Gasteiger charge is -2.17. The van der Waals surface area contributed by atoms with Gasteiger partial charge in [0.1, 0.15) is 0 Å². The number of nitrogens with zero attached hydrogens (tertiary/aromatic N) is 3. The van der Waals surface area contributed by atoms with Crippen LogP contribution >= 0.6 is 11.3 Å². The summed E-state index contributed by atoms with van der Waals surface area (Å²) >= 11 is 1.25. The van der Waals surface area contributed by atoms with E-state index in [4.69, 9.17) is 5.73 Å². The fraction of sp³-hybridized carbons (Fsp3) is 0.462. The van der Waals surface area contributed by atoms with Crippen LogP contribution < -0.4 is 11.3 Å². The summed E-state index contributed by atoms with van der Waals surface area (Å²) in [6.45, 7) is 1.98. The largest absolute Gasteiger partial charge is 0.374 e. The highest BCUT2D eigenvalue weighted by atomic mass is 32.1. The lowest BCUT2D eigenvalue weighted by molar-refractivity contribution is 0.492. The van der Waals surface area contributed by atoms with Crippen LogP contribution in [0.3, 0.4) is 0 Å². The van der Waals surface area contributed by atoms with Crippen molar-refractivity contribution in [1.82, 2.24) is 14.8 Å². The first-order valence-corrected chi connectivity index (χ1v) is 7.30. The summed E-state index contributed by atoms with van der Waals surface area (Å²) in [4.78, 5) is 12.6. The van der Waals surface area contributed by atoms with Crippen LogP contribution in [0.1, 0.15) is 37.4 Å². The molecule has 1 aliphatic rings. The topological polar surface area (TPSA) is 73.8 Å². The monoisotopic (exact) mass is 276 g/mol. The van der Waals surface area contributed by atoms with Gasteiger partial charge in [0.25, 0.3) is 5.56 Å². The van der Waals surface area contributed by atoms with E-state index in [1.165, 1.54) is 24.2 Å². The van der Waals surface area contributed by atoms with Crippen molar-refractivity contribution in [2.24, 2.45) is 0 Å². The van der Waals surface area contributed by atoms with E-state index in [0.717, 1.165) is 18.5 Å². The van der Waals surface area contributed by atoms with Crippen LogP contribution in [0.2, 0.25) is 0 Å². The molecular weight excluding hydrogens is 260 g/mol. The molecule has 2 N–H and O–H groups in total. The van der Waals surface area contributed by atoms with Crippen LogP contribution in [0.5, 0.6) is 0 Å². The molecule has 1 saturated carbocycles. The molecule has 0 unspecified atom stereocenters. The normalized spacial score (nSPS) is 16.1. The molecule has 5 nitrogen and oxygen atoms in total. The van der Waals surface area contributed by atoms with Gasteiger partial charge in [-0.15, -0.1) is 10.2 Å². The predicted molar refractivity (Wildman–Crippen MR) is 76.3 cm³/mol. The Bertz CT molecular complexity index is 655. The second-order valence-electron chi connectivity index (χ2n) is 4.95. The smallest absolute Gasteiger partial charge is 0.261 e. The van der Waals surface area contributed by atoms with Crippen molar-refractivity contribution in [3.8, 4) is 10.6 Å². The molecule has 0 spiro atoms. The van der Waals surface area contributed by atoms with E-state index in [1.807, 2.05) is 23.6 Å². The van der Waals surface area contributed by atoms with Crippen molar-refractivity contribution in [3.05, 3.63) is 28.2 Å². The van der Waals surface area contributed by atoms with E-state index in [0.29, 0.717) is 21.7 Å². The second kappa shape index (κ2) is 4.77. The van der Waals surface area contributed by atoms with Gasteiger partial charge in [0.15, 0.2) is 5.01 Å². The maximum absolute atomic E-state index is 12.6. The maximum atomic E-state index is 12.6. The number of aryl methyl sites for hydroxylation is 1. The molecule has 0 radical (unpaired) electrons. The van der Waals surface area contributed by atoms with E-state index in [9.17, 15) is 4.79 Å². The molecule has 0 amide bonds. The minimum atomic E-state index is 0.0306. The summed E-state index contributed by atoms with van der Waals surface area (Å²) in [7, 11) is 0. The molecule has 0 atom stereocenters. The van der Waals surface area contributed by atoms with Crippen LogP contribution in [-0.2, 0) is 0 Å². The molecule has 2 heterocycles. The maximum Gasteiger partial charge on any atom is 0.261 e. The Morgan fingerprint density at radius 2 is 2.05 bits per heavy atom. The van der Waals surface area contributed by atoms with Crippen molar-refractivity contribution in [2.45, 2.75) is 38.6 Å². The standard InChI is InChI=1S/C13H16N4OS/c1-8-6-7-10(11-15-16-13(14)19-11)12(18)17(8)9-4-2-3-5-9/h6-7,9H,2-5H2,1H3,(H2,14,16). The van der Waals surface area contributed by atoms with E-state index >= 15 is 0 Å². The van der Waals surface area contributed by atoms with Gasteiger partial charge in [-0.3, -0.25) is 4.79 Å². The lowest BCUT2D eigenvalue weighted by Crippen LogP contribution is -2.26. The predicted octanol–water partition coefficient (Wildman–Crippen LogP) is 2.37. The van der Waals surface area contributed by atoms with Gasteiger partial charge in [-0.25, -0.2) is 0 Å². The van der Waals surface area contributed by atoms with Gasteiger partial charge in [-0.05, 0) is 31.9 Å². The molecule has 2 aromatic heterocycles. The third-order valence-electron chi connectivity index (χ3n) is 3.68. The number of nitrogen functional groups attached to an aromatic ring is 1. The van der Waals surface area contributed by atoms with Crippen molar-refractivity contribution < 1.29 is 0 Å².